The van der Waals surface area contributed by atoms with Crippen molar-refractivity contribution in [1.82, 2.24) is 15.1 Å². The van der Waals surface area contributed by atoms with Gasteiger partial charge in [-0.1, -0.05) is 19.4 Å². The first-order valence-electron chi connectivity index (χ1n) is 12.2. The molecular formula is C25H37N3O5. The van der Waals surface area contributed by atoms with Gasteiger partial charge in [-0.3, -0.25) is 14.6 Å². The number of imide groups is 1. The van der Waals surface area contributed by atoms with E-state index in [4.69, 9.17) is 14.2 Å². The summed E-state index contributed by atoms with van der Waals surface area (Å²) in [5.74, 6) is 1.68. The number of methoxy groups -OCH3 is 2. The Hall–Kier alpha value is -2.32. The van der Waals surface area contributed by atoms with Gasteiger partial charge in [0.1, 0.15) is 17.0 Å². The van der Waals surface area contributed by atoms with Crippen molar-refractivity contribution in [2.24, 2.45) is 5.92 Å². The zero-order valence-electron chi connectivity index (χ0n) is 20.1. The van der Waals surface area contributed by atoms with E-state index in [1.807, 2.05) is 18.2 Å². The van der Waals surface area contributed by atoms with E-state index in [-0.39, 0.29) is 24.0 Å². The molecule has 0 saturated carbocycles. The van der Waals surface area contributed by atoms with Crippen molar-refractivity contribution in [3.63, 3.8) is 0 Å². The Bertz CT molecular complexity index is 848. The molecule has 3 fully saturated rings. The highest BCUT2D eigenvalue weighted by Crippen LogP contribution is 2.38. The minimum Gasteiger partial charge on any atom is -0.497 e. The minimum atomic E-state index is -0.783. The Kier molecular flexibility index (Phi) is 7.44. The van der Waals surface area contributed by atoms with E-state index < -0.39 is 5.54 Å². The van der Waals surface area contributed by atoms with Gasteiger partial charge in [-0.25, -0.2) is 4.79 Å². The number of hydrogen-bond donors (Lipinski definition) is 1. The molecule has 3 heterocycles. The molecule has 0 radical (unpaired) electrons. The molecule has 8 heteroatoms. The summed E-state index contributed by atoms with van der Waals surface area (Å²) >= 11 is 0. The van der Waals surface area contributed by atoms with E-state index >= 15 is 0 Å². The van der Waals surface area contributed by atoms with Gasteiger partial charge in [-0.15, -0.1) is 0 Å². The number of benzene rings is 1. The highest BCUT2D eigenvalue weighted by Gasteiger charge is 2.55. The van der Waals surface area contributed by atoms with E-state index in [9.17, 15) is 9.59 Å². The third kappa shape index (κ3) is 4.82. The fraction of sp³-hybridized carbons (Fsp3) is 0.680. The van der Waals surface area contributed by atoms with Gasteiger partial charge in [0.05, 0.1) is 26.9 Å². The van der Waals surface area contributed by atoms with Gasteiger partial charge in [0.2, 0.25) is 0 Å². The zero-order chi connectivity index (χ0) is 23.4. The van der Waals surface area contributed by atoms with Crippen LogP contribution in [0.5, 0.6) is 11.5 Å². The first-order chi connectivity index (χ1) is 16.0. The largest absolute Gasteiger partial charge is 0.497 e. The van der Waals surface area contributed by atoms with Crippen LogP contribution in [0.15, 0.2) is 18.2 Å². The van der Waals surface area contributed by atoms with Crippen LogP contribution in [0.2, 0.25) is 0 Å². The Morgan fingerprint density at radius 1 is 1.15 bits per heavy atom. The van der Waals surface area contributed by atoms with Gasteiger partial charge in [-0.2, -0.15) is 0 Å². The van der Waals surface area contributed by atoms with E-state index in [0.717, 1.165) is 68.8 Å². The lowest BCUT2D eigenvalue weighted by atomic mass is 9.74. The Labute approximate surface area is 196 Å². The lowest BCUT2D eigenvalue weighted by Crippen LogP contribution is -2.56. The molecule has 33 heavy (non-hydrogen) atoms. The maximum atomic E-state index is 13.6. The molecule has 3 aliphatic heterocycles. The second kappa shape index (κ2) is 10.3. The second-order valence-electron chi connectivity index (χ2n) is 9.43. The quantitative estimate of drug-likeness (QED) is 0.572. The molecule has 3 amide bonds. The van der Waals surface area contributed by atoms with Gasteiger partial charge in [-0.05, 0) is 57.2 Å². The summed E-state index contributed by atoms with van der Waals surface area (Å²) in [6.45, 7) is 5.69. The number of hydrogen-bond acceptors (Lipinski definition) is 6. The van der Waals surface area contributed by atoms with Crippen LogP contribution in [0.1, 0.15) is 51.0 Å². The van der Waals surface area contributed by atoms with E-state index in [2.05, 4.69) is 17.1 Å². The third-order valence-electron chi connectivity index (χ3n) is 7.43. The van der Waals surface area contributed by atoms with Crippen molar-refractivity contribution in [1.29, 1.82) is 0 Å². The minimum absolute atomic E-state index is 0.0292. The number of nitrogens with one attached hydrogen (secondary N) is 1. The van der Waals surface area contributed by atoms with Gasteiger partial charge >= 0.3 is 6.03 Å². The standard InChI is InChI=1S/C25H37N3O5/c1-4-11-25(23(29)28(24(30)26-25)17-21-6-5-14-33-21)19-9-12-27(13-10-19)16-18-7-8-20(31-2)15-22(18)32-3/h7-8,15,19,21H,4-6,9-14,16-17H2,1-3H3,(H,26,30)/t21-,25-/m1/s1. The molecular weight excluding hydrogens is 422 g/mol. The Balaban J connectivity index is 1.41. The number of urea groups is 1. The first-order valence-corrected chi connectivity index (χ1v) is 12.2. The van der Waals surface area contributed by atoms with E-state index in [1.165, 1.54) is 4.90 Å². The average molecular weight is 460 g/mol. The van der Waals surface area contributed by atoms with Gasteiger partial charge in [0, 0.05) is 24.8 Å². The lowest BCUT2D eigenvalue weighted by molar-refractivity contribution is -0.135. The molecule has 0 unspecified atom stereocenters. The number of likely N-dealkylation sites (tertiary alicyclic amines) is 1. The highest BCUT2D eigenvalue weighted by atomic mass is 16.5. The second-order valence-corrected chi connectivity index (χ2v) is 9.43. The van der Waals surface area contributed by atoms with Crippen LogP contribution in [0.4, 0.5) is 4.79 Å². The molecule has 8 nitrogen and oxygen atoms in total. The topological polar surface area (TPSA) is 80.3 Å². The normalized spacial score (nSPS) is 26.6. The van der Waals surface area contributed by atoms with Crippen LogP contribution in [0, 0.1) is 5.92 Å². The van der Waals surface area contributed by atoms with Crippen molar-refractivity contribution in [3.05, 3.63) is 23.8 Å². The summed E-state index contributed by atoms with van der Waals surface area (Å²) in [7, 11) is 3.33. The van der Waals surface area contributed by atoms with Crippen LogP contribution in [-0.2, 0) is 16.1 Å². The van der Waals surface area contributed by atoms with Crippen molar-refractivity contribution in [3.8, 4) is 11.5 Å². The summed E-state index contributed by atoms with van der Waals surface area (Å²) in [4.78, 5) is 30.2. The lowest BCUT2D eigenvalue weighted by Gasteiger charge is -2.41. The van der Waals surface area contributed by atoms with Crippen molar-refractivity contribution >= 4 is 11.9 Å². The molecule has 182 valence electrons. The summed E-state index contributed by atoms with van der Waals surface area (Å²) < 4.78 is 16.6. The highest BCUT2D eigenvalue weighted by molar-refractivity contribution is 6.07. The fourth-order valence-electron chi connectivity index (χ4n) is 5.65. The van der Waals surface area contributed by atoms with Gasteiger partial charge < -0.3 is 19.5 Å². The molecule has 3 aliphatic rings. The summed E-state index contributed by atoms with van der Waals surface area (Å²) in [6.07, 6.45) is 5.14. The van der Waals surface area contributed by atoms with Crippen molar-refractivity contribution in [2.45, 2.75) is 63.6 Å². The van der Waals surface area contributed by atoms with Crippen molar-refractivity contribution in [2.75, 3.05) is 40.5 Å². The molecule has 1 aromatic rings. The third-order valence-corrected chi connectivity index (χ3v) is 7.43. The molecule has 0 spiro atoms. The fourth-order valence-corrected chi connectivity index (χ4v) is 5.65. The Morgan fingerprint density at radius 3 is 2.58 bits per heavy atom. The SMILES string of the molecule is CCC[C@]1(C2CCN(Cc3ccc(OC)cc3OC)CC2)NC(=O)N(C[C@H]2CCCO2)C1=O. The average Bonchev–Trinajstić information content (AvgIpc) is 3.43. The Morgan fingerprint density at radius 2 is 1.94 bits per heavy atom. The number of piperidine rings is 1. The maximum absolute atomic E-state index is 13.6. The molecule has 0 aliphatic carbocycles. The van der Waals surface area contributed by atoms with Crippen molar-refractivity contribution < 1.29 is 23.8 Å². The molecule has 0 aromatic heterocycles. The van der Waals surface area contributed by atoms with E-state index in [0.29, 0.717) is 19.6 Å². The number of nitrogens with zero attached hydrogens (tertiary/aromatic N) is 2. The molecule has 2 atom stereocenters. The van der Waals surface area contributed by atoms with Gasteiger partial charge in [0.25, 0.3) is 5.91 Å². The van der Waals surface area contributed by atoms with Crippen LogP contribution in [0.25, 0.3) is 0 Å². The molecule has 1 N–H and O–H groups in total. The van der Waals surface area contributed by atoms with Gasteiger partial charge in [0.15, 0.2) is 0 Å². The van der Waals surface area contributed by atoms with Crippen LogP contribution >= 0.6 is 0 Å². The molecule has 3 saturated heterocycles. The zero-order valence-corrected chi connectivity index (χ0v) is 20.1. The molecule has 0 bridgehead atoms. The number of amides is 3. The summed E-state index contributed by atoms with van der Waals surface area (Å²) in [6, 6.07) is 5.66. The monoisotopic (exact) mass is 459 g/mol. The van der Waals surface area contributed by atoms with Crippen LogP contribution in [0.3, 0.4) is 0 Å². The summed E-state index contributed by atoms with van der Waals surface area (Å²) in [5.41, 5.74) is 0.335. The maximum Gasteiger partial charge on any atom is 0.325 e. The number of carbonyl (C=O) groups is 2. The van der Waals surface area contributed by atoms with Crippen LogP contribution in [-0.4, -0.2) is 73.8 Å². The smallest absolute Gasteiger partial charge is 0.325 e. The number of rotatable bonds is 9. The van der Waals surface area contributed by atoms with Crippen LogP contribution < -0.4 is 14.8 Å². The summed E-state index contributed by atoms with van der Waals surface area (Å²) in [5, 5.41) is 3.14. The molecule has 1 aromatic carbocycles. The first kappa shape index (κ1) is 23.8. The van der Waals surface area contributed by atoms with E-state index in [1.54, 1.807) is 14.2 Å². The molecule has 4 rings (SSSR count). The number of carbonyl (C=O) groups excluding carboxylic acids is 2. The number of ether oxygens (including phenoxy) is 3. The predicted molar refractivity (Wildman–Crippen MR) is 124 cm³/mol. The predicted octanol–water partition coefficient (Wildman–Crippen LogP) is 3.19.